The molecule has 2 heterocycles. The van der Waals surface area contributed by atoms with Crippen LogP contribution in [0.5, 0.6) is 11.5 Å². The van der Waals surface area contributed by atoms with E-state index in [9.17, 15) is 4.79 Å². The van der Waals surface area contributed by atoms with Gasteiger partial charge in [0.2, 0.25) is 5.89 Å². The standard InChI is InChI=1S/C16H14N2O4S/c1-20-12-5-2-4-11(15(17)19)14(12)21-8-10-9-22-16(18-10)13-6-3-7-23-13/h2-7,9H,8H2,1H3,(H2,17,19). The first kappa shape index (κ1) is 15.1. The minimum atomic E-state index is -0.585. The van der Waals surface area contributed by atoms with Gasteiger partial charge in [0.15, 0.2) is 11.5 Å². The van der Waals surface area contributed by atoms with Gasteiger partial charge >= 0.3 is 0 Å². The van der Waals surface area contributed by atoms with E-state index in [0.29, 0.717) is 23.1 Å². The molecular formula is C16H14N2O4S. The third-order valence-electron chi connectivity index (χ3n) is 3.11. The first-order valence-electron chi connectivity index (χ1n) is 6.77. The molecule has 2 N–H and O–H groups in total. The van der Waals surface area contributed by atoms with Crippen LogP contribution in [0, 0.1) is 0 Å². The van der Waals surface area contributed by atoms with Crippen LogP contribution in [0.4, 0.5) is 0 Å². The number of amides is 1. The van der Waals surface area contributed by atoms with Crippen molar-refractivity contribution < 1.29 is 18.7 Å². The van der Waals surface area contributed by atoms with Crippen LogP contribution in [0.1, 0.15) is 16.1 Å². The molecule has 23 heavy (non-hydrogen) atoms. The lowest BCUT2D eigenvalue weighted by molar-refractivity contribution is 0.0995. The van der Waals surface area contributed by atoms with Crippen LogP contribution in [0.15, 0.2) is 46.4 Å². The quantitative estimate of drug-likeness (QED) is 0.750. The third kappa shape index (κ3) is 3.19. The van der Waals surface area contributed by atoms with E-state index in [1.165, 1.54) is 24.7 Å². The van der Waals surface area contributed by atoms with Crippen molar-refractivity contribution in [3.63, 3.8) is 0 Å². The molecule has 0 aliphatic rings. The zero-order valence-corrected chi connectivity index (χ0v) is 13.1. The van der Waals surface area contributed by atoms with Gasteiger partial charge < -0.3 is 19.6 Å². The SMILES string of the molecule is COc1cccc(C(N)=O)c1OCc1coc(-c2cccs2)n1. The molecule has 1 amide bonds. The van der Waals surface area contributed by atoms with E-state index in [4.69, 9.17) is 19.6 Å². The Kier molecular flexibility index (Phi) is 4.29. The smallest absolute Gasteiger partial charge is 0.252 e. The van der Waals surface area contributed by atoms with Crippen LogP contribution in [0.2, 0.25) is 0 Å². The molecule has 0 radical (unpaired) electrons. The zero-order valence-electron chi connectivity index (χ0n) is 12.3. The summed E-state index contributed by atoms with van der Waals surface area (Å²) in [5.41, 5.74) is 6.23. The first-order valence-corrected chi connectivity index (χ1v) is 7.65. The van der Waals surface area contributed by atoms with E-state index >= 15 is 0 Å². The minimum absolute atomic E-state index is 0.134. The molecule has 2 aromatic heterocycles. The molecule has 0 fully saturated rings. The fourth-order valence-electron chi connectivity index (χ4n) is 2.05. The molecule has 6 nitrogen and oxygen atoms in total. The van der Waals surface area contributed by atoms with Crippen molar-refractivity contribution in [1.82, 2.24) is 4.98 Å². The number of hydrogen-bond donors (Lipinski definition) is 1. The minimum Gasteiger partial charge on any atom is -0.493 e. The lowest BCUT2D eigenvalue weighted by atomic mass is 10.2. The second-order valence-electron chi connectivity index (χ2n) is 4.61. The highest BCUT2D eigenvalue weighted by molar-refractivity contribution is 7.13. The molecule has 1 aromatic carbocycles. The lowest BCUT2D eigenvalue weighted by Crippen LogP contribution is -2.13. The molecule has 3 rings (SSSR count). The molecule has 0 unspecified atom stereocenters. The highest BCUT2D eigenvalue weighted by atomic mass is 32.1. The number of oxazole rings is 1. The van der Waals surface area contributed by atoms with Crippen molar-refractivity contribution in [3.05, 3.63) is 53.2 Å². The fraction of sp³-hybridized carbons (Fsp3) is 0.125. The molecule has 0 aliphatic carbocycles. The number of para-hydroxylation sites is 1. The van der Waals surface area contributed by atoms with Crippen molar-refractivity contribution in [3.8, 4) is 22.3 Å². The number of benzene rings is 1. The molecule has 118 valence electrons. The van der Waals surface area contributed by atoms with E-state index < -0.39 is 5.91 Å². The number of aromatic nitrogens is 1. The third-order valence-corrected chi connectivity index (χ3v) is 3.97. The van der Waals surface area contributed by atoms with Gasteiger partial charge in [-0.3, -0.25) is 4.79 Å². The predicted molar refractivity (Wildman–Crippen MR) is 85.7 cm³/mol. The Balaban J connectivity index is 1.80. The highest BCUT2D eigenvalue weighted by Crippen LogP contribution is 2.32. The van der Waals surface area contributed by atoms with Crippen LogP contribution in [-0.4, -0.2) is 18.0 Å². The molecule has 0 saturated heterocycles. The maximum absolute atomic E-state index is 11.5. The van der Waals surface area contributed by atoms with Crippen LogP contribution >= 0.6 is 11.3 Å². The van der Waals surface area contributed by atoms with Gasteiger partial charge in [-0.05, 0) is 23.6 Å². The van der Waals surface area contributed by atoms with Gasteiger partial charge in [0, 0.05) is 0 Å². The number of ether oxygens (including phenoxy) is 2. The van der Waals surface area contributed by atoms with Crippen molar-refractivity contribution in [2.75, 3.05) is 7.11 Å². The number of primary amides is 1. The molecule has 0 atom stereocenters. The van der Waals surface area contributed by atoms with Gasteiger partial charge in [-0.25, -0.2) is 4.98 Å². The van der Waals surface area contributed by atoms with Crippen LogP contribution in [0.3, 0.4) is 0 Å². The summed E-state index contributed by atoms with van der Waals surface area (Å²) in [5, 5.41) is 1.95. The van der Waals surface area contributed by atoms with Gasteiger partial charge in [-0.1, -0.05) is 12.1 Å². The van der Waals surface area contributed by atoms with Crippen molar-refractivity contribution >= 4 is 17.2 Å². The Hall–Kier alpha value is -2.80. The van der Waals surface area contributed by atoms with Crippen molar-refractivity contribution in [2.45, 2.75) is 6.61 Å². The number of nitrogens with zero attached hydrogens (tertiary/aromatic N) is 1. The Bertz CT molecular complexity index is 811. The number of methoxy groups -OCH3 is 1. The van der Waals surface area contributed by atoms with Crippen molar-refractivity contribution in [1.29, 1.82) is 0 Å². The fourth-order valence-corrected chi connectivity index (χ4v) is 2.71. The van der Waals surface area contributed by atoms with Gasteiger partial charge in [0.25, 0.3) is 5.91 Å². The molecule has 7 heteroatoms. The highest BCUT2D eigenvalue weighted by Gasteiger charge is 2.16. The van der Waals surface area contributed by atoms with Gasteiger partial charge in [0.1, 0.15) is 18.6 Å². The van der Waals surface area contributed by atoms with E-state index in [0.717, 1.165) is 4.88 Å². The average Bonchev–Trinajstić information content (AvgIpc) is 3.23. The summed E-state index contributed by atoms with van der Waals surface area (Å²) in [6.07, 6.45) is 1.52. The van der Waals surface area contributed by atoms with Gasteiger partial charge in [0.05, 0.1) is 17.6 Å². The van der Waals surface area contributed by atoms with Gasteiger partial charge in [-0.15, -0.1) is 11.3 Å². The lowest BCUT2D eigenvalue weighted by Gasteiger charge is -2.12. The summed E-state index contributed by atoms with van der Waals surface area (Å²) >= 11 is 1.54. The number of nitrogens with two attached hydrogens (primary N) is 1. The second-order valence-corrected chi connectivity index (χ2v) is 5.56. The molecular weight excluding hydrogens is 316 g/mol. The summed E-state index contributed by atoms with van der Waals surface area (Å²) in [4.78, 5) is 16.8. The van der Waals surface area contributed by atoms with Crippen molar-refractivity contribution in [2.24, 2.45) is 5.73 Å². The summed E-state index contributed by atoms with van der Waals surface area (Å²) < 4.78 is 16.3. The summed E-state index contributed by atoms with van der Waals surface area (Å²) in [7, 11) is 1.50. The second kappa shape index (κ2) is 6.53. The Morgan fingerprint density at radius 2 is 2.22 bits per heavy atom. The van der Waals surface area contributed by atoms with Gasteiger partial charge in [-0.2, -0.15) is 0 Å². The molecule has 0 saturated carbocycles. The largest absolute Gasteiger partial charge is 0.493 e. The average molecular weight is 330 g/mol. The number of thiophene rings is 1. The first-order chi connectivity index (χ1) is 11.2. The number of carbonyl (C=O) groups is 1. The zero-order chi connectivity index (χ0) is 16.2. The van der Waals surface area contributed by atoms with E-state index in [-0.39, 0.29) is 12.2 Å². The number of rotatable bonds is 6. The Labute approximate surface area is 136 Å². The normalized spacial score (nSPS) is 10.5. The summed E-state index contributed by atoms with van der Waals surface area (Å²) in [6.45, 7) is 0.134. The molecule has 3 aromatic rings. The maximum atomic E-state index is 11.5. The maximum Gasteiger partial charge on any atom is 0.252 e. The summed E-state index contributed by atoms with van der Waals surface area (Å²) in [5.74, 6) is 0.679. The molecule has 0 spiro atoms. The number of hydrogen-bond acceptors (Lipinski definition) is 6. The van der Waals surface area contributed by atoms with Crippen LogP contribution in [-0.2, 0) is 6.61 Å². The van der Waals surface area contributed by atoms with E-state index in [1.807, 2.05) is 17.5 Å². The van der Waals surface area contributed by atoms with E-state index in [1.54, 1.807) is 18.2 Å². The Morgan fingerprint density at radius 3 is 2.91 bits per heavy atom. The monoisotopic (exact) mass is 330 g/mol. The van der Waals surface area contributed by atoms with Crippen LogP contribution < -0.4 is 15.2 Å². The molecule has 0 aliphatic heterocycles. The Morgan fingerprint density at radius 1 is 1.35 bits per heavy atom. The van der Waals surface area contributed by atoms with Crippen LogP contribution in [0.25, 0.3) is 10.8 Å². The topological polar surface area (TPSA) is 87.6 Å². The molecule has 0 bridgehead atoms. The predicted octanol–water partition coefficient (Wildman–Crippen LogP) is 3.09. The van der Waals surface area contributed by atoms with E-state index in [2.05, 4.69) is 4.98 Å². The number of carbonyl (C=O) groups excluding carboxylic acids is 1. The summed E-state index contributed by atoms with van der Waals surface area (Å²) in [6, 6.07) is 8.80.